The molecule has 154 valence electrons. The van der Waals surface area contributed by atoms with Gasteiger partial charge in [0.15, 0.2) is 0 Å². The summed E-state index contributed by atoms with van der Waals surface area (Å²) in [4.78, 5) is 16.8. The number of pyridine rings is 1. The summed E-state index contributed by atoms with van der Waals surface area (Å²) in [6.45, 7) is 1.34. The molecule has 0 radical (unpaired) electrons. The molecule has 1 aliphatic rings. The van der Waals surface area contributed by atoms with Crippen molar-refractivity contribution in [3.63, 3.8) is 0 Å². The maximum Gasteiger partial charge on any atom is 0.257 e. The van der Waals surface area contributed by atoms with E-state index in [0.717, 1.165) is 24.2 Å². The molecule has 3 aromatic rings. The molecule has 0 bridgehead atoms. The van der Waals surface area contributed by atoms with Gasteiger partial charge in [-0.1, -0.05) is 29.8 Å². The van der Waals surface area contributed by atoms with Gasteiger partial charge in [0, 0.05) is 36.1 Å². The maximum absolute atomic E-state index is 12.6. The van der Waals surface area contributed by atoms with Crippen molar-refractivity contribution in [1.29, 1.82) is 0 Å². The molecule has 30 heavy (non-hydrogen) atoms. The topological polar surface area (TPSA) is 72.5 Å². The van der Waals surface area contributed by atoms with Gasteiger partial charge in [-0.2, -0.15) is 0 Å². The number of halogens is 1. The highest BCUT2D eigenvalue weighted by Gasteiger charge is 2.18. The van der Waals surface area contributed by atoms with Crippen LogP contribution in [0.15, 0.2) is 66.9 Å². The zero-order valence-corrected chi connectivity index (χ0v) is 17.1. The quantitative estimate of drug-likeness (QED) is 0.563. The predicted molar refractivity (Wildman–Crippen MR) is 118 cm³/mol. The maximum atomic E-state index is 12.6. The number of nitrogens with zero attached hydrogens (tertiary/aromatic N) is 1. The molecule has 1 amide bonds. The van der Waals surface area contributed by atoms with E-state index in [4.69, 9.17) is 21.1 Å². The zero-order chi connectivity index (χ0) is 20.8. The summed E-state index contributed by atoms with van der Waals surface area (Å²) in [5.41, 5.74) is 2.97. The van der Waals surface area contributed by atoms with Crippen LogP contribution >= 0.6 is 11.6 Å². The molecule has 7 heteroatoms. The number of para-hydroxylation sites is 1. The van der Waals surface area contributed by atoms with Gasteiger partial charge in [-0.25, -0.2) is 4.98 Å². The van der Waals surface area contributed by atoms with E-state index in [1.165, 1.54) is 6.20 Å². The molecule has 0 unspecified atom stereocenters. The number of hydrogen-bond acceptors (Lipinski definition) is 5. The molecule has 2 N–H and O–H groups in total. The molecular weight excluding hydrogens is 402 g/mol. The second-order valence-corrected chi connectivity index (χ2v) is 7.37. The smallest absolute Gasteiger partial charge is 0.257 e. The van der Waals surface area contributed by atoms with Crippen LogP contribution in [0.25, 0.3) is 0 Å². The van der Waals surface area contributed by atoms with Crippen molar-refractivity contribution in [2.45, 2.75) is 18.9 Å². The lowest BCUT2D eigenvalue weighted by molar-refractivity contribution is 0.0238. The highest BCUT2D eigenvalue weighted by Crippen LogP contribution is 2.26. The fourth-order valence-electron chi connectivity index (χ4n) is 3.12. The van der Waals surface area contributed by atoms with Crippen molar-refractivity contribution in [1.82, 2.24) is 4.98 Å². The highest BCUT2D eigenvalue weighted by atomic mass is 35.5. The molecule has 6 nitrogen and oxygen atoms in total. The first-order valence-electron chi connectivity index (χ1n) is 9.81. The lowest BCUT2D eigenvalue weighted by atomic mass is 10.1. The van der Waals surface area contributed by atoms with Crippen molar-refractivity contribution in [2.75, 3.05) is 23.8 Å². The first-order valence-corrected chi connectivity index (χ1v) is 10.2. The van der Waals surface area contributed by atoms with Gasteiger partial charge >= 0.3 is 0 Å². The van der Waals surface area contributed by atoms with E-state index in [1.54, 1.807) is 6.07 Å². The van der Waals surface area contributed by atoms with Gasteiger partial charge in [0.25, 0.3) is 5.91 Å². The summed E-state index contributed by atoms with van der Waals surface area (Å²) in [5.74, 6) is 0.0576. The number of anilines is 3. The average Bonchev–Trinajstić information content (AvgIpc) is 2.78. The average molecular weight is 424 g/mol. The summed E-state index contributed by atoms with van der Waals surface area (Å²) in [6.07, 6.45) is 3.11. The fourth-order valence-corrected chi connectivity index (χ4v) is 3.33. The van der Waals surface area contributed by atoms with Gasteiger partial charge in [0.1, 0.15) is 11.1 Å². The number of hydrogen-bond donors (Lipinski definition) is 2. The molecule has 1 aliphatic heterocycles. The Morgan fingerprint density at radius 3 is 2.37 bits per heavy atom. The van der Waals surface area contributed by atoms with E-state index in [9.17, 15) is 4.79 Å². The SMILES string of the molecule is O=C(Nc1ccc(Nc2ccccc2)cc1)c1cnc(OC2CCOCC2)c(Cl)c1. The number of nitrogens with one attached hydrogen (secondary N) is 2. The second-order valence-electron chi connectivity index (χ2n) is 6.96. The van der Waals surface area contributed by atoms with Gasteiger partial charge in [0.2, 0.25) is 5.88 Å². The van der Waals surface area contributed by atoms with E-state index in [1.807, 2.05) is 54.6 Å². The number of ether oxygens (including phenoxy) is 2. The van der Waals surface area contributed by atoms with E-state index < -0.39 is 0 Å². The van der Waals surface area contributed by atoms with Crippen LogP contribution in [-0.2, 0) is 4.74 Å². The lowest BCUT2D eigenvalue weighted by Gasteiger charge is -2.23. The van der Waals surface area contributed by atoms with Gasteiger partial charge in [0.05, 0.1) is 18.8 Å². The molecule has 0 spiro atoms. The Balaban J connectivity index is 1.36. The van der Waals surface area contributed by atoms with Crippen LogP contribution < -0.4 is 15.4 Å². The minimum Gasteiger partial charge on any atom is -0.473 e. The molecule has 0 aliphatic carbocycles. The van der Waals surface area contributed by atoms with Crippen molar-refractivity contribution >= 4 is 34.6 Å². The van der Waals surface area contributed by atoms with Crippen molar-refractivity contribution < 1.29 is 14.3 Å². The van der Waals surface area contributed by atoms with Gasteiger partial charge < -0.3 is 20.1 Å². The van der Waals surface area contributed by atoms with E-state index in [-0.39, 0.29) is 12.0 Å². The van der Waals surface area contributed by atoms with Crippen LogP contribution in [-0.4, -0.2) is 30.2 Å². The van der Waals surface area contributed by atoms with Crippen LogP contribution in [0.5, 0.6) is 5.88 Å². The fraction of sp³-hybridized carbons (Fsp3) is 0.217. The first kappa shape index (κ1) is 20.2. The van der Waals surface area contributed by atoms with Crippen molar-refractivity contribution in [2.24, 2.45) is 0 Å². The van der Waals surface area contributed by atoms with Crippen LogP contribution in [0.4, 0.5) is 17.1 Å². The summed E-state index contributed by atoms with van der Waals surface area (Å²) in [7, 11) is 0. The Morgan fingerprint density at radius 1 is 1.00 bits per heavy atom. The Morgan fingerprint density at radius 2 is 1.67 bits per heavy atom. The molecule has 1 saturated heterocycles. The van der Waals surface area contributed by atoms with E-state index >= 15 is 0 Å². The summed E-state index contributed by atoms with van der Waals surface area (Å²) < 4.78 is 11.2. The van der Waals surface area contributed by atoms with Crippen LogP contribution in [0.3, 0.4) is 0 Å². The molecular formula is C23H22ClN3O3. The molecule has 4 rings (SSSR count). The number of amides is 1. The Kier molecular flexibility index (Phi) is 6.47. The normalized spacial score (nSPS) is 14.2. The molecule has 0 saturated carbocycles. The summed E-state index contributed by atoms with van der Waals surface area (Å²) in [6, 6.07) is 18.9. The molecule has 2 aromatic carbocycles. The monoisotopic (exact) mass is 423 g/mol. The third-order valence-electron chi connectivity index (χ3n) is 4.72. The molecule has 1 fully saturated rings. The lowest BCUT2D eigenvalue weighted by Crippen LogP contribution is -2.26. The molecule has 0 atom stereocenters. The standard InChI is InChI=1S/C23H22ClN3O3/c24-21-14-16(15-25-23(21)30-20-10-12-29-13-11-20)22(28)27-19-8-6-18(7-9-19)26-17-4-2-1-3-5-17/h1-9,14-15,20,26H,10-13H2,(H,27,28). The number of carbonyl (C=O) groups excluding carboxylic acids is 1. The Labute approximate surface area is 180 Å². The number of aromatic nitrogens is 1. The Bertz CT molecular complexity index is 990. The largest absolute Gasteiger partial charge is 0.473 e. The summed E-state index contributed by atoms with van der Waals surface area (Å²) in [5, 5.41) is 6.47. The number of rotatable bonds is 6. The highest BCUT2D eigenvalue weighted by molar-refractivity contribution is 6.32. The Hall–Kier alpha value is -3.09. The van der Waals surface area contributed by atoms with E-state index in [0.29, 0.717) is 35.4 Å². The number of benzene rings is 2. The summed E-state index contributed by atoms with van der Waals surface area (Å²) >= 11 is 6.29. The minimum atomic E-state index is -0.286. The van der Waals surface area contributed by atoms with Gasteiger partial charge in [-0.3, -0.25) is 4.79 Å². The van der Waals surface area contributed by atoms with Crippen molar-refractivity contribution in [3.8, 4) is 5.88 Å². The van der Waals surface area contributed by atoms with E-state index in [2.05, 4.69) is 15.6 Å². The first-order chi connectivity index (χ1) is 14.7. The zero-order valence-electron chi connectivity index (χ0n) is 16.3. The third kappa shape index (κ3) is 5.28. The number of carbonyl (C=O) groups is 1. The predicted octanol–water partition coefficient (Wildman–Crippen LogP) is 5.29. The van der Waals surface area contributed by atoms with Crippen LogP contribution in [0, 0.1) is 0 Å². The minimum absolute atomic E-state index is 0.0337. The van der Waals surface area contributed by atoms with Crippen molar-refractivity contribution in [3.05, 3.63) is 77.4 Å². The molecule has 2 heterocycles. The third-order valence-corrected chi connectivity index (χ3v) is 4.99. The van der Waals surface area contributed by atoms with Crippen LogP contribution in [0.2, 0.25) is 5.02 Å². The van der Waals surface area contributed by atoms with Gasteiger partial charge in [-0.15, -0.1) is 0 Å². The second kappa shape index (κ2) is 9.61. The van der Waals surface area contributed by atoms with Gasteiger partial charge in [-0.05, 0) is 42.5 Å². The van der Waals surface area contributed by atoms with Crippen LogP contribution in [0.1, 0.15) is 23.2 Å². The molecule has 1 aromatic heterocycles.